The molecule has 0 N–H and O–H groups in total. The first-order chi connectivity index (χ1) is 14.3. The van der Waals surface area contributed by atoms with Crippen molar-refractivity contribution in [3.05, 3.63) is 71.4 Å². The summed E-state index contributed by atoms with van der Waals surface area (Å²) in [4.78, 5) is 4.93. The lowest BCUT2D eigenvalue weighted by Crippen LogP contribution is -2.10. The van der Waals surface area contributed by atoms with E-state index in [0.29, 0.717) is 0 Å². The maximum Gasteiger partial charge on any atom is 0.0822 e. The summed E-state index contributed by atoms with van der Waals surface area (Å²) in [7, 11) is 0. The largest absolute Gasteiger partial charge is 0.308 e. The molecule has 2 heteroatoms. The van der Waals surface area contributed by atoms with Gasteiger partial charge in [-0.15, -0.1) is 0 Å². The molecule has 0 spiro atoms. The minimum Gasteiger partial charge on any atom is -0.308 e. The molecule has 3 heterocycles. The van der Waals surface area contributed by atoms with Crippen molar-refractivity contribution < 1.29 is 0 Å². The number of hydrogen-bond acceptors (Lipinski definition) is 1. The normalized spacial score (nSPS) is 13.0. The van der Waals surface area contributed by atoms with Crippen LogP contribution in [0.15, 0.2) is 54.7 Å². The van der Waals surface area contributed by atoms with Crippen molar-refractivity contribution >= 4 is 49.0 Å². The Kier molecular flexibility index (Phi) is 3.38. The molecule has 3 aromatic heterocycles. The van der Waals surface area contributed by atoms with Gasteiger partial charge in [-0.2, -0.15) is 0 Å². The number of aromatic nitrogens is 2. The topological polar surface area (TPSA) is 17.3 Å². The molecule has 0 aliphatic carbocycles. The third kappa shape index (κ3) is 2.22. The number of pyridine rings is 2. The maximum atomic E-state index is 4.93. The molecule has 0 amide bonds. The predicted molar refractivity (Wildman–Crippen MR) is 129 cm³/mol. The van der Waals surface area contributed by atoms with Crippen LogP contribution in [0, 0.1) is 19.3 Å². The van der Waals surface area contributed by atoms with Crippen LogP contribution >= 0.6 is 0 Å². The summed E-state index contributed by atoms with van der Waals surface area (Å²) >= 11 is 0. The number of benzene rings is 3. The number of aryl methyl sites for hydroxylation is 2. The van der Waals surface area contributed by atoms with Gasteiger partial charge in [0.15, 0.2) is 0 Å². The fourth-order valence-electron chi connectivity index (χ4n) is 5.35. The molecule has 0 aliphatic rings. The summed E-state index contributed by atoms with van der Waals surface area (Å²) in [6.45, 7) is 11.4. The van der Waals surface area contributed by atoms with Gasteiger partial charge >= 0.3 is 0 Å². The molecule has 0 saturated carbocycles. The lowest BCUT2D eigenvalue weighted by Gasteiger charge is -2.21. The van der Waals surface area contributed by atoms with Crippen LogP contribution in [0.25, 0.3) is 49.0 Å². The third-order valence-electron chi connectivity index (χ3n) is 6.67. The van der Waals surface area contributed by atoms with E-state index < -0.39 is 0 Å². The van der Waals surface area contributed by atoms with Crippen LogP contribution in [0.2, 0.25) is 0 Å². The summed E-state index contributed by atoms with van der Waals surface area (Å²) in [5.74, 6) is 0. The SMILES string of the molecule is Cc1cc2c3nccc4c(CC(C)(C)C)ccc(c43)n3c4ccccc4c(c1C)c23. The second-order valence-electron chi connectivity index (χ2n) is 10.0. The molecule has 0 bridgehead atoms. The summed E-state index contributed by atoms with van der Waals surface area (Å²) in [6.07, 6.45) is 3.04. The highest BCUT2D eigenvalue weighted by Gasteiger charge is 2.22. The Hall–Kier alpha value is -3.13. The number of fused-ring (bicyclic) bond motifs is 5. The van der Waals surface area contributed by atoms with E-state index in [-0.39, 0.29) is 5.41 Å². The first-order valence-corrected chi connectivity index (χ1v) is 10.8. The van der Waals surface area contributed by atoms with E-state index in [1.165, 1.54) is 60.2 Å². The number of nitrogens with zero attached hydrogens (tertiary/aromatic N) is 2. The summed E-state index contributed by atoms with van der Waals surface area (Å²) in [5.41, 5.74) is 9.30. The number of para-hydroxylation sites is 1. The molecule has 30 heavy (non-hydrogen) atoms. The summed E-state index contributed by atoms with van der Waals surface area (Å²) in [5, 5.41) is 6.58. The van der Waals surface area contributed by atoms with E-state index in [4.69, 9.17) is 4.98 Å². The molecule has 6 rings (SSSR count). The molecule has 0 aliphatic heterocycles. The average molecular weight is 391 g/mol. The highest BCUT2D eigenvalue weighted by atomic mass is 14.9. The Balaban J connectivity index is 1.95. The van der Waals surface area contributed by atoms with Gasteiger partial charge in [-0.25, -0.2) is 0 Å². The van der Waals surface area contributed by atoms with Crippen LogP contribution in [-0.2, 0) is 6.42 Å². The first-order valence-electron chi connectivity index (χ1n) is 10.8. The lowest BCUT2D eigenvalue weighted by molar-refractivity contribution is 0.412. The molecular formula is C28H26N2. The van der Waals surface area contributed by atoms with Crippen molar-refractivity contribution in [2.24, 2.45) is 5.41 Å². The van der Waals surface area contributed by atoms with Crippen molar-refractivity contribution in [2.75, 3.05) is 0 Å². The van der Waals surface area contributed by atoms with Gasteiger partial charge in [0.1, 0.15) is 0 Å². The van der Waals surface area contributed by atoms with E-state index in [1.54, 1.807) is 0 Å². The Morgan fingerprint density at radius 2 is 1.63 bits per heavy atom. The molecule has 0 fully saturated rings. The molecule has 0 atom stereocenters. The van der Waals surface area contributed by atoms with E-state index in [0.717, 1.165) is 11.9 Å². The van der Waals surface area contributed by atoms with Crippen molar-refractivity contribution in [3.63, 3.8) is 0 Å². The third-order valence-corrected chi connectivity index (χ3v) is 6.67. The molecule has 2 nitrogen and oxygen atoms in total. The molecular weight excluding hydrogens is 364 g/mol. The zero-order valence-electron chi connectivity index (χ0n) is 18.3. The standard InChI is InChI=1S/C28H26N2/c1-16-14-21-26-25-19(12-13-29-26)18(15-28(3,4)5)10-11-23(25)30-22-9-7-6-8-20(22)24(17(16)2)27(21)30/h6-14H,15H2,1-5H3. The van der Waals surface area contributed by atoms with Crippen molar-refractivity contribution in [2.45, 2.75) is 41.0 Å². The Bertz CT molecular complexity index is 1610. The zero-order chi connectivity index (χ0) is 20.8. The highest BCUT2D eigenvalue weighted by molar-refractivity contribution is 6.26. The van der Waals surface area contributed by atoms with E-state index in [1.807, 2.05) is 6.20 Å². The van der Waals surface area contributed by atoms with Crippen LogP contribution in [0.5, 0.6) is 0 Å². The van der Waals surface area contributed by atoms with Gasteiger partial charge in [0.2, 0.25) is 0 Å². The molecule has 148 valence electrons. The molecule has 3 aromatic carbocycles. The van der Waals surface area contributed by atoms with Gasteiger partial charge in [-0.1, -0.05) is 45.0 Å². The van der Waals surface area contributed by atoms with Crippen LogP contribution in [0.4, 0.5) is 0 Å². The molecule has 6 aromatic rings. The fourth-order valence-corrected chi connectivity index (χ4v) is 5.35. The van der Waals surface area contributed by atoms with E-state index in [9.17, 15) is 0 Å². The fraction of sp³-hybridized carbons (Fsp3) is 0.250. The second kappa shape index (κ2) is 5.72. The minimum absolute atomic E-state index is 0.237. The smallest absolute Gasteiger partial charge is 0.0822 e. The van der Waals surface area contributed by atoms with Crippen molar-refractivity contribution in [1.29, 1.82) is 0 Å². The average Bonchev–Trinajstić information content (AvgIpc) is 3.05. The van der Waals surface area contributed by atoms with Crippen molar-refractivity contribution in [1.82, 2.24) is 9.38 Å². The monoisotopic (exact) mass is 390 g/mol. The Morgan fingerprint density at radius 1 is 0.833 bits per heavy atom. The quantitative estimate of drug-likeness (QED) is 0.209. The summed E-state index contributed by atoms with van der Waals surface area (Å²) in [6, 6.07) is 18.0. The van der Waals surface area contributed by atoms with Crippen LogP contribution in [-0.4, -0.2) is 9.38 Å². The van der Waals surface area contributed by atoms with Crippen LogP contribution in [0.1, 0.15) is 37.5 Å². The second-order valence-corrected chi connectivity index (χ2v) is 10.0. The predicted octanol–water partition coefficient (Wildman–Crippen LogP) is 7.59. The van der Waals surface area contributed by atoms with Gasteiger partial charge in [0.05, 0.1) is 22.1 Å². The van der Waals surface area contributed by atoms with Crippen LogP contribution < -0.4 is 0 Å². The lowest BCUT2D eigenvalue weighted by atomic mass is 9.85. The van der Waals surface area contributed by atoms with E-state index >= 15 is 0 Å². The molecule has 0 unspecified atom stereocenters. The van der Waals surface area contributed by atoms with Crippen LogP contribution in [0.3, 0.4) is 0 Å². The number of hydrogen-bond donors (Lipinski definition) is 0. The van der Waals surface area contributed by atoms with Gasteiger partial charge < -0.3 is 4.40 Å². The highest BCUT2D eigenvalue weighted by Crippen LogP contribution is 2.42. The minimum atomic E-state index is 0.237. The van der Waals surface area contributed by atoms with E-state index in [2.05, 4.69) is 87.6 Å². The van der Waals surface area contributed by atoms with Gasteiger partial charge in [-0.05, 0) is 72.0 Å². The Labute approximate surface area is 176 Å². The summed E-state index contributed by atoms with van der Waals surface area (Å²) < 4.78 is 2.48. The maximum absolute atomic E-state index is 4.93. The van der Waals surface area contributed by atoms with Gasteiger partial charge in [0, 0.05) is 27.7 Å². The molecule has 0 saturated heterocycles. The Morgan fingerprint density at radius 3 is 2.43 bits per heavy atom. The van der Waals surface area contributed by atoms with Gasteiger partial charge in [-0.3, -0.25) is 4.98 Å². The first kappa shape index (κ1) is 17.7. The zero-order valence-corrected chi connectivity index (χ0v) is 18.3. The molecule has 0 radical (unpaired) electrons. The van der Waals surface area contributed by atoms with Gasteiger partial charge in [0.25, 0.3) is 0 Å². The number of rotatable bonds is 1. The van der Waals surface area contributed by atoms with Crippen molar-refractivity contribution in [3.8, 4) is 0 Å².